The van der Waals surface area contributed by atoms with E-state index in [-0.39, 0.29) is 18.3 Å². The molecule has 2 fully saturated rings. The third-order valence-corrected chi connectivity index (χ3v) is 6.19. The van der Waals surface area contributed by atoms with Crippen LogP contribution in [0.3, 0.4) is 0 Å². The van der Waals surface area contributed by atoms with Crippen LogP contribution in [0, 0.1) is 17.8 Å². The van der Waals surface area contributed by atoms with Gasteiger partial charge in [-0.25, -0.2) is 4.79 Å². The molecule has 26 heavy (non-hydrogen) atoms. The van der Waals surface area contributed by atoms with Gasteiger partial charge in [-0.05, 0) is 27.2 Å². The molecule has 144 valence electrons. The van der Waals surface area contributed by atoms with Gasteiger partial charge in [0.25, 0.3) is 0 Å². The molecule has 0 spiro atoms. The molecule has 1 aliphatic heterocycles. The number of ether oxygens (including phenoxy) is 3. The zero-order valence-electron chi connectivity index (χ0n) is 15.8. The van der Waals surface area contributed by atoms with Crippen LogP contribution in [0.25, 0.3) is 0 Å². The van der Waals surface area contributed by atoms with Crippen LogP contribution in [0.2, 0.25) is 0 Å². The van der Waals surface area contributed by atoms with E-state index >= 15 is 0 Å². The predicted molar refractivity (Wildman–Crippen MR) is 89.7 cm³/mol. The summed E-state index contributed by atoms with van der Waals surface area (Å²) in [6, 6.07) is 0. The normalized spacial score (nSPS) is 44.3. The third-order valence-electron chi connectivity index (χ3n) is 6.19. The maximum atomic E-state index is 12.6. The average Bonchev–Trinajstić information content (AvgIpc) is 2.93. The lowest BCUT2D eigenvalue weighted by Crippen LogP contribution is -2.49. The van der Waals surface area contributed by atoms with Crippen LogP contribution >= 0.6 is 0 Å². The largest absolute Gasteiger partial charge is 0.459 e. The molecule has 7 unspecified atom stereocenters. The summed E-state index contributed by atoms with van der Waals surface area (Å²) >= 11 is 0. The Morgan fingerprint density at radius 2 is 1.85 bits per heavy atom. The van der Waals surface area contributed by atoms with Crippen LogP contribution in [0.4, 0.5) is 0 Å². The summed E-state index contributed by atoms with van der Waals surface area (Å²) in [6.45, 7) is 7.82. The molecule has 0 aromatic heterocycles. The van der Waals surface area contributed by atoms with Crippen LogP contribution in [0.15, 0.2) is 11.6 Å². The van der Waals surface area contributed by atoms with Crippen molar-refractivity contribution in [2.75, 3.05) is 0 Å². The minimum Gasteiger partial charge on any atom is -0.459 e. The Kier molecular flexibility index (Phi) is 4.42. The molecule has 0 amide bonds. The van der Waals surface area contributed by atoms with Crippen molar-refractivity contribution >= 4 is 17.9 Å². The first-order chi connectivity index (χ1) is 12.0. The van der Waals surface area contributed by atoms with Crippen molar-refractivity contribution in [3.63, 3.8) is 0 Å². The lowest BCUT2D eigenvalue weighted by Gasteiger charge is -2.38. The van der Waals surface area contributed by atoms with Gasteiger partial charge < -0.3 is 19.3 Å². The molecule has 1 heterocycles. The van der Waals surface area contributed by atoms with Crippen molar-refractivity contribution < 1.29 is 33.7 Å². The Hall–Kier alpha value is -1.89. The molecule has 0 aromatic carbocycles. The van der Waals surface area contributed by atoms with E-state index in [1.165, 1.54) is 20.8 Å². The van der Waals surface area contributed by atoms with E-state index in [1.54, 1.807) is 0 Å². The number of carbonyl (C=O) groups excluding carboxylic acids is 3. The number of esters is 3. The summed E-state index contributed by atoms with van der Waals surface area (Å²) in [6.07, 6.45) is 1.20. The van der Waals surface area contributed by atoms with E-state index in [0.717, 1.165) is 5.57 Å². The second-order valence-electron chi connectivity index (χ2n) is 8.09. The quantitative estimate of drug-likeness (QED) is 0.449. The lowest BCUT2D eigenvalue weighted by atomic mass is 9.75. The number of allylic oxidation sites excluding steroid dienone is 1. The molecule has 2 aliphatic carbocycles. The Bertz CT molecular complexity index is 683. The molecular weight excluding hydrogens is 340 g/mol. The minimum atomic E-state index is -1.56. The molecule has 1 saturated carbocycles. The van der Waals surface area contributed by atoms with Gasteiger partial charge in [0.15, 0.2) is 0 Å². The van der Waals surface area contributed by atoms with Gasteiger partial charge >= 0.3 is 17.9 Å². The number of aliphatic hydroxyl groups is 1. The predicted octanol–water partition coefficient (Wildman–Crippen LogP) is 1.52. The number of rotatable bonds is 2. The SMILES string of the molecule is CC(=O)OC1(C)CC(O)C2C(OC(=O)C2(C)OC(C)=O)C2C(C)=CCC21. The van der Waals surface area contributed by atoms with E-state index in [4.69, 9.17) is 14.2 Å². The zero-order chi connectivity index (χ0) is 19.4. The highest BCUT2D eigenvalue weighted by Gasteiger charge is 2.67. The molecule has 3 rings (SSSR count). The van der Waals surface area contributed by atoms with Crippen molar-refractivity contribution in [3.8, 4) is 0 Å². The number of aliphatic hydroxyl groups excluding tert-OH is 1. The summed E-state index contributed by atoms with van der Waals surface area (Å²) in [5, 5.41) is 11.0. The average molecular weight is 366 g/mol. The monoisotopic (exact) mass is 366 g/mol. The van der Waals surface area contributed by atoms with Gasteiger partial charge in [0, 0.05) is 32.1 Å². The van der Waals surface area contributed by atoms with Gasteiger partial charge in [0.1, 0.15) is 11.7 Å². The molecule has 0 radical (unpaired) electrons. The molecule has 7 atom stereocenters. The van der Waals surface area contributed by atoms with Crippen LogP contribution in [-0.4, -0.2) is 46.4 Å². The summed E-state index contributed by atoms with van der Waals surface area (Å²) in [4.78, 5) is 35.9. The Labute approximate surface area is 152 Å². The van der Waals surface area contributed by atoms with Crippen molar-refractivity contribution in [1.29, 1.82) is 0 Å². The molecule has 1 N–H and O–H groups in total. The Balaban J connectivity index is 2.07. The molecular formula is C19H26O7. The first-order valence-electron chi connectivity index (χ1n) is 8.94. The maximum Gasteiger partial charge on any atom is 0.351 e. The fraction of sp³-hybridized carbons (Fsp3) is 0.737. The van der Waals surface area contributed by atoms with Crippen LogP contribution < -0.4 is 0 Å². The highest BCUT2D eigenvalue weighted by atomic mass is 16.6. The van der Waals surface area contributed by atoms with Crippen molar-refractivity contribution in [3.05, 3.63) is 11.6 Å². The highest BCUT2D eigenvalue weighted by molar-refractivity contribution is 5.85. The van der Waals surface area contributed by atoms with Gasteiger partial charge in [-0.2, -0.15) is 0 Å². The third kappa shape index (κ3) is 2.73. The van der Waals surface area contributed by atoms with Crippen LogP contribution in [0.1, 0.15) is 47.5 Å². The summed E-state index contributed by atoms with van der Waals surface area (Å²) in [7, 11) is 0. The fourth-order valence-corrected chi connectivity index (χ4v) is 5.22. The summed E-state index contributed by atoms with van der Waals surface area (Å²) in [5.74, 6) is -2.73. The maximum absolute atomic E-state index is 12.6. The smallest absolute Gasteiger partial charge is 0.351 e. The van der Waals surface area contributed by atoms with E-state index in [2.05, 4.69) is 6.08 Å². The van der Waals surface area contributed by atoms with E-state index in [0.29, 0.717) is 6.42 Å². The molecule has 7 heteroatoms. The molecule has 1 saturated heterocycles. The molecule has 0 bridgehead atoms. The standard InChI is InChI=1S/C19H26O7/c1-9-6-7-12-14(9)16-15(13(22)8-18(12,4)25-10(2)20)19(5,17(23)24-16)26-11(3)21/h6,12-16,22H,7-8H2,1-5H3. The number of hydrogen-bond acceptors (Lipinski definition) is 7. The van der Waals surface area contributed by atoms with Gasteiger partial charge in [-0.3, -0.25) is 9.59 Å². The molecule has 7 nitrogen and oxygen atoms in total. The summed E-state index contributed by atoms with van der Waals surface area (Å²) < 4.78 is 16.6. The molecule has 0 aromatic rings. The van der Waals surface area contributed by atoms with E-state index < -0.39 is 47.2 Å². The van der Waals surface area contributed by atoms with Crippen molar-refractivity contribution in [2.24, 2.45) is 17.8 Å². The zero-order valence-corrected chi connectivity index (χ0v) is 15.8. The van der Waals surface area contributed by atoms with Crippen molar-refractivity contribution in [1.82, 2.24) is 0 Å². The number of hydrogen-bond donors (Lipinski definition) is 1. The Morgan fingerprint density at radius 3 is 2.42 bits per heavy atom. The van der Waals surface area contributed by atoms with Gasteiger partial charge in [0.05, 0.1) is 12.0 Å². The van der Waals surface area contributed by atoms with Crippen LogP contribution in [0.5, 0.6) is 0 Å². The Morgan fingerprint density at radius 1 is 1.23 bits per heavy atom. The van der Waals surface area contributed by atoms with Crippen molar-refractivity contribution in [2.45, 2.75) is 70.9 Å². The lowest BCUT2D eigenvalue weighted by molar-refractivity contribution is -0.178. The summed E-state index contributed by atoms with van der Waals surface area (Å²) in [5.41, 5.74) is -1.44. The van der Waals surface area contributed by atoms with Crippen LogP contribution in [-0.2, 0) is 28.6 Å². The van der Waals surface area contributed by atoms with Gasteiger partial charge in [-0.1, -0.05) is 11.6 Å². The first-order valence-corrected chi connectivity index (χ1v) is 8.94. The first kappa shape index (κ1) is 18.9. The molecule has 3 aliphatic rings. The highest BCUT2D eigenvalue weighted by Crippen LogP contribution is 2.55. The second kappa shape index (κ2) is 6.08. The number of carbonyl (C=O) groups is 3. The minimum absolute atomic E-state index is 0.122. The number of fused-ring (bicyclic) bond motifs is 3. The van der Waals surface area contributed by atoms with E-state index in [9.17, 15) is 19.5 Å². The second-order valence-corrected chi connectivity index (χ2v) is 8.09. The van der Waals surface area contributed by atoms with E-state index in [1.807, 2.05) is 13.8 Å². The van der Waals surface area contributed by atoms with Gasteiger partial charge in [0.2, 0.25) is 5.60 Å². The van der Waals surface area contributed by atoms with Gasteiger partial charge in [-0.15, -0.1) is 0 Å². The fourth-order valence-electron chi connectivity index (χ4n) is 5.22. The topological polar surface area (TPSA) is 99.1 Å².